The Bertz CT molecular complexity index is 501. The molecule has 0 aliphatic heterocycles. The molecule has 7 heteroatoms. The van der Waals surface area contributed by atoms with Crippen LogP contribution in [-0.4, -0.2) is 14.3 Å². The molecule has 2 rings (SSSR count). The zero-order chi connectivity index (χ0) is 11.5. The third kappa shape index (κ3) is 3.07. The first-order chi connectivity index (χ1) is 7.65. The lowest BCUT2D eigenvalue weighted by Gasteiger charge is -2.01. The highest BCUT2D eigenvalue weighted by molar-refractivity contribution is 8.00. The van der Waals surface area contributed by atoms with E-state index in [4.69, 9.17) is 23.2 Å². The van der Waals surface area contributed by atoms with E-state index in [1.54, 1.807) is 23.9 Å². The molecule has 0 saturated heterocycles. The average Bonchev–Trinajstić information content (AvgIpc) is 2.66. The second kappa shape index (κ2) is 5.31. The number of rotatable bonds is 3. The molecular formula is C9H7Cl2N3S2. The van der Waals surface area contributed by atoms with Crippen molar-refractivity contribution in [3.8, 4) is 0 Å². The molecule has 0 atom stereocenters. The van der Waals surface area contributed by atoms with Crippen LogP contribution >= 0.6 is 46.5 Å². The molecule has 0 spiro atoms. The number of aryl methyl sites for hydroxylation is 1. The quantitative estimate of drug-likeness (QED) is 0.636. The highest BCUT2D eigenvalue weighted by atomic mass is 35.5. The zero-order valence-electron chi connectivity index (χ0n) is 8.28. The summed E-state index contributed by atoms with van der Waals surface area (Å²) in [4.78, 5) is 8.41. The topological polar surface area (TPSA) is 38.7 Å². The van der Waals surface area contributed by atoms with Crippen LogP contribution in [0.15, 0.2) is 16.5 Å². The molecular weight excluding hydrogens is 285 g/mol. The van der Waals surface area contributed by atoms with Gasteiger partial charge in [0.05, 0.1) is 10.7 Å². The van der Waals surface area contributed by atoms with E-state index in [-0.39, 0.29) is 0 Å². The summed E-state index contributed by atoms with van der Waals surface area (Å²) in [6.45, 7) is 1.87. The van der Waals surface area contributed by atoms with Crippen molar-refractivity contribution >= 4 is 46.5 Å². The van der Waals surface area contributed by atoms with Gasteiger partial charge in [0.2, 0.25) is 0 Å². The molecule has 2 aromatic heterocycles. The fourth-order valence-electron chi connectivity index (χ4n) is 1.03. The lowest BCUT2D eigenvalue weighted by Crippen LogP contribution is -1.88. The Morgan fingerprint density at radius 2 is 2.12 bits per heavy atom. The normalized spacial score (nSPS) is 10.7. The summed E-state index contributed by atoms with van der Waals surface area (Å²) in [7, 11) is 0. The minimum atomic E-state index is 0.452. The molecule has 2 aromatic rings. The van der Waals surface area contributed by atoms with Crippen LogP contribution in [0.2, 0.25) is 10.2 Å². The molecule has 0 amide bonds. The second-order valence-electron chi connectivity index (χ2n) is 2.96. The van der Waals surface area contributed by atoms with E-state index in [0.717, 1.165) is 15.9 Å². The van der Waals surface area contributed by atoms with Gasteiger partial charge in [-0.3, -0.25) is 0 Å². The molecule has 3 nitrogen and oxygen atoms in total. The third-order valence-electron chi connectivity index (χ3n) is 1.73. The van der Waals surface area contributed by atoms with Crippen molar-refractivity contribution in [3.05, 3.63) is 33.8 Å². The zero-order valence-corrected chi connectivity index (χ0v) is 11.4. The molecule has 0 aliphatic rings. The van der Waals surface area contributed by atoms with E-state index in [1.165, 1.54) is 11.5 Å². The Labute approximate surface area is 111 Å². The summed E-state index contributed by atoms with van der Waals surface area (Å²) >= 11 is 14.7. The monoisotopic (exact) mass is 291 g/mol. The van der Waals surface area contributed by atoms with Crippen LogP contribution in [0.25, 0.3) is 0 Å². The summed E-state index contributed by atoms with van der Waals surface area (Å²) in [5.41, 5.74) is 0.770. The average molecular weight is 292 g/mol. The maximum atomic E-state index is 6.00. The van der Waals surface area contributed by atoms with Gasteiger partial charge in [0.25, 0.3) is 0 Å². The van der Waals surface area contributed by atoms with Crippen LogP contribution in [-0.2, 0) is 5.75 Å². The van der Waals surface area contributed by atoms with Crippen molar-refractivity contribution < 1.29 is 0 Å². The van der Waals surface area contributed by atoms with Gasteiger partial charge in [-0.1, -0.05) is 35.0 Å². The van der Waals surface area contributed by atoms with E-state index in [2.05, 4.69) is 14.3 Å². The molecule has 0 fully saturated rings. The molecule has 0 bridgehead atoms. The molecule has 0 saturated carbocycles. The number of aromatic nitrogens is 3. The molecule has 0 N–H and O–H groups in total. The van der Waals surface area contributed by atoms with Crippen molar-refractivity contribution in [2.75, 3.05) is 0 Å². The van der Waals surface area contributed by atoms with Crippen molar-refractivity contribution in [3.63, 3.8) is 0 Å². The molecule has 0 aliphatic carbocycles. The third-order valence-corrected chi connectivity index (χ3v) is 4.22. The lowest BCUT2D eigenvalue weighted by molar-refractivity contribution is 1.10. The van der Waals surface area contributed by atoms with E-state index < -0.39 is 0 Å². The Balaban J connectivity index is 2.07. The molecule has 84 valence electrons. The summed E-state index contributed by atoms with van der Waals surface area (Å²) in [5, 5.41) is 1.08. The predicted molar refractivity (Wildman–Crippen MR) is 68.5 cm³/mol. The molecule has 2 heterocycles. The Kier molecular flexibility index (Phi) is 4.02. The fourth-order valence-corrected chi connectivity index (χ4v) is 3.04. The van der Waals surface area contributed by atoms with Crippen molar-refractivity contribution in [2.24, 2.45) is 0 Å². The Morgan fingerprint density at radius 1 is 1.31 bits per heavy atom. The highest BCUT2D eigenvalue weighted by Gasteiger charge is 2.06. The standard InChI is InChI=1S/C9H7Cl2N3S2/c1-5-12-9(16-14-5)15-4-7-6(10)2-3-8(11)13-7/h2-3H,4H2,1H3. The number of pyridine rings is 1. The predicted octanol–water partition coefficient (Wildman–Crippen LogP) is 3.84. The summed E-state index contributed by atoms with van der Waals surface area (Å²) in [6, 6.07) is 3.42. The number of halogens is 2. The largest absolute Gasteiger partial charge is 0.239 e. The van der Waals surface area contributed by atoms with Gasteiger partial charge < -0.3 is 0 Å². The maximum absolute atomic E-state index is 6.00. The minimum absolute atomic E-state index is 0.452. The summed E-state index contributed by atoms with van der Waals surface area (Å²) in [6.07, 6.45) is 0. The van der Waals surface area contributed by atoms with Crippen LogP contribution in [0.3, 0.4) is 0 Å². The Hall–Kier alpha value is -0.360. The first-order valence-electron chi connectivity index (χ1n) is 4.39. The van der Waals surface area contributed by atoms with Crippen LogP contribution < -0.4 is 0 Å². The number of hydrogen-bond acceptors (Lipinski definition) is 5. The van der Waals surface area contributed by atoms with Gasteiger partial charge in [0, 0.05) is 5.75 Å². The number of nitrogens with zero attached hydrogens (tertiary/aromatic N) is 3. The Morgan fingerprint density at radius 3 is 2.81 bits per heavy atom. The highest BCUT2D eigenvalue weighted by Crippen LogP contribution is 2.27. The molecule has 0 aromatic carbocycles. The van der Waals surface area contributed by atoms with Gasteiger partial charge >= 0.3 is 0 Å². The van der Waals surface area contributed by atoms with Gasteiger partial charge in [-0.2, -0.15) is 4.37 Å². The maximum Gasteiger partial charge on any atom is 0.170 e. The first kappa shape index (κ1) is 12.1. The molecule has 16 heavy (non-hydrogen) atoms. The van der Waals surface area contributed by atoms with Crippen molar-refractivity contribution in [1.29, 1.82) is 0 Å². The van der Waals surface area contributed by atoms with E-state index in [0.29, 0.717) is 15.9 Å². The van der Waals surface area contributed by atoms with Crippen LogP contribution in [0.1, 0.15) is 11.5 Å². The summed E-state index contributed by atoms with van der Waals surface area (Å²) in [5.74, 6) is 1.44. The second-order valence-corrected chi connectivity index (χ2v) is 5.73. The minimum Gasteiger partial charge on any atom is -0.239 e. The van der Waals surface area contributed by atoms with Gasteiger partial charge in [0.15, 0.2) is 4.34 Å². The lowest BCUT2D eigenvalue weighted by atomic mass is 10.4. The van der Waals surface area contributed by atoms with E-state index in [1.807, 2.05) is 6.92 Å². The van der Waals surface area contributed by atoms with Gasteiger partial charge in [0.1, 0.15) is 11.0 Å². The number of thioether (sulfide) groups is 1. The SMILES string of the molecule is Cc1nsc(SCc2nc(Cl)ccc2Cl)n1. The van der Waals surface area contributed by atoms with Gasteiger partial charge in [-0.05, 0) is 30.6 Å². The van der Waals surface area contributed by atoms with Crippen LogP contribution in [0.4, 0.5) is 0 Å². The number of hydrogen-bond donors (Lipinski definition) is 0. The van der Waals surface area contributed by atoms with E-state index in [9.17, 15) is 0 Å². The van der Waals surface area contributed by atoms with Gasteiger partial charge in [-0.15, -0.1) is 0 Å². The first-order valence-corrected chi connectivity index (χ1v) is 6.90. The van der Waals surface area contributed by atoms with Gasteiger partial charge in [-0.25, -0.2) is 9.97 Å². The molecule has 0 unspecified atom stereocenters. The summed E-state index contributed by atoms with van der Waals surface area (Å²) < 4.78 is 5.01. The van der Waals surface area contributed by atoms with Crippen molar-refractivity contribution in [2.45, 2.75) is 17.0 Å². The fraction of sp³-hybridized carbons (Fsp3) is 0.222. The smallest absolute Gasteiger partial charge is 0.170 e. The van der Waals surface area contributed by atoms with E-state index >= 15 is 0 Å². The molecule has 0 radical (unpaired) electrons. The van der Waals surface area contributed by atoms with Crippen LogP contribution in [0, 0.1) is 6.92 Å². The van der Waals surface area contributed by atoms with Crippen molar-refractivity contribution in [1.82, 2.24) is 14.3 Å². The van der Waals surface area contributed by atoms with Crippen LogP contribution in [0.5, 0.6) is 0 Å².